The lowest BCUT2D eigenvalue weighted by Gasteiger charge is -2.13. The summed E-state index contributed by atoms with van der Waals surface area (Å²) in [4.78, 5) is 34.1. The molecule has 7 nitrogen and oxygen atoms in total. The molecule has 108 valence electrons. The lowest BCUT2D eigenvalue weighted by Crippen LogP contribution is -2.39. The Labute approximate surface area is 120 Å². The van der Waals surface area contributed by atoms with Crippen LogP contribution < -0.4 is 11.1 Å². The van der Waals surface area contributed by atoms with E-state index in [4.69, 9.17) is 22.1 Å². The van der Waals surface area contributed by atoms with Gasteiger partial charge in [0, 0.05) is 10.7 Å². The molecule has 1 atom stereocenters. The highest BCUT2D eigenvalue weighted by molar-refractivity contribution is 6.31. The number of rotatable bonds is 3. The minimum Gasteiger partial charge on any atom is -0.453 e. The van der Waals surface area contributed by atoms with Crippen LogP contribution in [0.5, 0.6) is 0 Å². The van der Waals surface area contributed by atoms with Crippen LogP contribution in [0.2, 0.25) is 5.02 Å². The van der Waals surface area contributed by atoms with Gasteiger partial charge in [0.15, 0.2) is 6.10 Å². The van der Waals surface area contributed by atoms with Gasteiger partial charge in [-0.2, -0.15) is 0 Å². The monoisotopic (exact) mass is 300 g/mol. The summed E-state index contributed by atoms with van der Waals surface area (Å²) in [5, 5.41) is 2.25. The lowest BCUT2D eigenvalue weighted by atomic mass is 10.2. The predicted octanol–water partition coefficient (Wildman–Crippen LogP) is 1.35. The standard InChI is InChI=1S/C12H13ClN2O5/c1-6(10(16)15-12(18)19-2)20-11(17)8-4-3-7(13)5-9(8)14/h3-6H,14H2,1-2H3,(H,15,16,18)/t6-/m1/s1. The van der Waals surface area contributed by atoms with Crippen molar-refractivity contribution in [3.05, 3.63) is 28.8 Å². The molecule has 0 aromatic heterocycles. The van der Waals surface area contributed by atoms with E-state index in [1.807, 2.05) is 5.32 Å². The van der Waals surface area contributed by atoms with Crippen molar-refractivity contribution in [2.75, 3.05) is 12.8 Å². The van der Waals surface area contributed by atoms with Crippen LogP contribution >= 0.6 is 11.6 Å². The van der Waals surface area contributed by atoms with Crippen LogP contribution in [0, 0.1) is 0 Å². The van der Waals surface area contributed by atoms with Gasteiger partial charge in [-0.3, -0.25) is 10.1 Å². The van der Waals surface area contributed by atoms with E-state index in [1.54, 1.807) is 0 Å². The first kappa shape index (κ1) is 15.8. The number of carbonyl (C=O) groups is 3. The van der Waals surface area contributed by atoms with Crippen LogP contribution in [-0.4, -0.2) is 31.2 Å². The molecular formula is C12H13ClN2O5. The third-order valence-corrected chi connectivity index (χ3v) is 2.53. The summed E-state index contributed by atoms with van der Waals surface area (Å²) < 4.78 is 9.13. The fourth-order valence-electron chi connectivity index (χ4n) is 1.25. The van der Waals surface area contributed by atoms with E-state index >= 15 is 0 Å². The van der Waals surface area contributed by atoms with Crippen LogP contribution in [0.15, 0.2) is 18.2 Å². The first-order valence-electron chi connectivity index (χ1n) is 5.50. The lowest BCUT2D eigenvalue weighted by molar-refractivity contribution is -0.128. The molecule has 0 aliphatic carbocycles. The molecule has 1 rings (SSSR count). The van der Waals surface area contributed by atoms with E-state index < -0.39 is 24.1 Å². The number of nitrogens with one attached hydrogen (secondary N) is 1. The van der Waals surface area contributed by atoms with E-state index in [0.29, 0.717) is 5.02 Å². The number of imide groups is 1. The molecule has 0 spiro atoms. The molecule has 1 aromatic carbocycles. The molecule has 0 saturated heterocycles. The number of amides is 2. The van der Waals surface area contributed by atoms with Gasteiger partial charge < -0.3 is 15.2 Å². The smallest absolute Gasteiger partial charge is 0.413 e. The molecular weight excluding hydrogens is 288 g/mol. The van der Waals surface area contributed by atoms with Crippen LogP contribution in [-0.2, 0) is 14.3 Å². The number of esters is 1. The van der Waals surface area contributed by atoms with E-state index in [2.05, 4.69) is 4.74 Å². The van der Waals surface area contributed by atoms with Crippen molar-refractivity contribution in [2.45, 2.75) is 13.0 Å². The first-order valence-corrected chi connectivity index (χ1v) is 5.87. The Morgan fingerprint density at radius 2 is 2.00 bits per heavy atom. The summed E-state index contributed by atoms with van der Waals surface area (Å²) in [7, 11) is 1.10. The van der Waals surface area contributed by atoms with Crippen molar-refractivity contribution in [3.63, 3.8) is 0 Å². The molecule has 0 heterocycles. The van der Waals surface area contributed by atoms with Gasteiger partial charge in [0.25, 0.3) is 5.91 Å². The van der Waals surface area contributed by atoms with Crippen molar-refractivity contribution < 1.29 is 23.9 Å². The quantitative estimate of drug-likeness (QED) is 0.644. The van der Waals surface area contributed by atoms with E-state index in [9.17, 15) is 14.4 Å². The Hall–Kier alpha value is -2.28. The highest BCUT2D eigenvalue weighted by Gasteiger charge is 2.22. The number of carbonyl (C=O) groups excluding carboxylic acids is 3. The average molecular weight is 301 g/mol. The number of hydrogen-bond acceptors (Lipinski definition) is 6. The first-order chi connectivity index (χ1) is 9.35. The number of methoxy groups -OCH3 is 1. The van der Waals surface area contributed by atoms with E-state index in [1.165, 1.54) is 25.1 Å². The molecule has 0 bridgehead atoms. The van der Waals surface area contributed by atoms with Gasteiger partial charge in [-0.15, -0.1) is 0 Å². The van der Waals surface area contributed by atoms with Crippen molar-refractivity contribution in [3.8, 4) is 0 Å². The molecule has 0 saturated carbocycles. The molecule has 1 aromatic rings. The van der Waals surface area contributed by atoms with Gasteiger partial charge in [0.05, 0.1) is 12.7 Å². The zero-order valence-electron chi connectivity index (χ0n) is 10.8. The summed E-state index contributed by atoms with van der Waals surface area (Å²) >= 11 is 5.70. The topological polar surface area (TPSA) is 108 Å². The zero-order chi connectivity index (χ0) is 15.3. The number of halogens is 1. The molecule has 2 amide bonds. The van der Waals surface area contributed by atoms with Crippen LogP contribution in [0.25, 0.3) is 0 Å². The normalized spacial score (nSPS) is 11.3. The molecule has 0 fully saturated rings. The molecule has 0 radical (unpaired) electrons. The Morgan fingerprint density at radius 3 is 2.55 bits per heavy atom. The van der Waals surface area contributed by atoms with Crippen molar-refractivity contribution in [1.29, 1.82) is 0 Å². The van der Waals surface area contributed by atoms with Gasteiger partial charge in [0.1, 0.15) is 0 Å². The third-order valence-electron chi connectivity index (χ3n) is 2.30. The van der Waals surface area contributed by atoms with Crippen LogP contribution in [0.4, 0.5) is 10.5 Å². The van der Waals surface area contributed by atoms with Crippen LogP contribution in [0.1, 0.15) is 17.3 Å². The Balaban J connectivity index is 2.70. The summed E-state index contributed by atoms with van der Waals surface area (Å²) in [6.07, 6.45) is -2.12. The fourth-order valence-corrected chi connectivity index (χ4v) is 1.43. The molecule has 0 aliphatic heterocycles. The maximum atomic E-state index is 11.8. The van der Waals surface area contributed by atoms with E-state index in [-0.39, 0.29) is 11.3 Å². The molecule has 0 aliphatic rings. The Bertz CT molecular complexity index is 547. The number of ether oxygens (including phenoxy) is 2. The molecule has 0 unspecified atom stereocenters. The zero-order valence-corrected chi connectivity index (χ0v) is 11.6. The minimum atomic E-state index is -1.18. The van der Waals surface area contributed by atoms with Crippen molar-refractivity contribution in [1.82, 2.24) is 5.32 Å². The van der Waals surface area contributed by atoms with Crippen molar-refractivity contribution in [2.24, 2.45) is 0 Å². The van der Waals surface area contributed by atoms with Crippen molar-refractivity contribution >= 4 is 35.3 Å². The highest BCUT2D eigenvalue weighted by Crippen LogP contribution is 2.19. The van der Waals surface area contributed by atoms with Gasteiger partial charge in [-0.1, -0.05) is 11.6 Å². The molecule has 8 heteroatoms. The largest absolute Gasteiger partial charge is 0.453 e. The van der Waals surface area contributed by atoms with Crippen LogP contribution in [0.3, 0.4) is 0 Å². The summed E-state index contributed by atoms with van der Waals surface area (Å²) in [6, 6.07) is 4.23. The van der Waals surface area contributed by atoms with Gasteiger partial charge in [-0.05, 0) is 25.1 Å². The minimum absolute atomic E-state index is 0.0760. The number of alkyl carbamates (subject to hydrolysis) is 1. The summed E-state index contributed by atoms with van der Waals surface area (Å²) in [5.74, 6) is -1.61. The average Bonchev–Trinajstić information content (AvgIpc) is 2.37. The third kappa shape index (κ3) is 4.13. The fraction of sp³-hybridized carbons (Fsp3) is 0.250. The predicted molar refractivity (Wildman–Crippen MR) is 71.3 cm³/mol. The second-order valence-corrected chi connectivity index (χ2v) is 4.20. The van der Waals surface area contributed by atoms with E-state index in [0.717, 1.165) is 7.11 Å². The number of benzene rings is 1. The Morgan fingerprint density at radius 1 is 1.35 bits per heavy atom. The highest BCUT2D eigenvalue weighted by atomic mass is 35.5. The summed E-state index contributed by atoms with van der Waals surface area (Å²) in [6.45, 7) is 1.31. The Kier molecular flexibility index (Phi) is 5.33. The molecule has 20 heavy (non-hydrogen) atoms. The van der Waals surface area contributed by atoms with Gasteiger partial charge in [0.2, 0.25) is 0 Å². The summed E-state index contributed by atoms with van der Waals surface area (Å²) in [5.41, 5.74) is 5.82. The number of nitrogens with two attached hydrogens (primary N) is 1. The molecule has 3 N–H and O–H groups in total. The number of nitrogen functional groups attached to an aromatic ring is 1. The maximum absolute atomic E-state index is 11.8. The number of anilines is 1. The van der Waals surface area contributed by atoms with Gasteiger partial charge in [-0.25, -0.2) is 9.59 Å². The number of hydrogen-bond donors (Lipinski definition) is 2. The second kappa shape index (κ2) is 6.76. The van der Waals surface area contributed by atoms with Gasteiger partial charge >= 0.3 is 12.1 Å². The SMILES string of the molecule is COC(=O)NC(=O)[C@@H](C)OC(=O)c1ccc(Cl)cc1N. The maximum Gasteiger partial charge on any atom is 0.413 e. The second-order valence-electron chi connectivity index (χ2n) is 3.76.